The van der Waals surface area contributed by atoms with Gasteiger partial charge in [-0.3, -0.25) is 0 Å². The standard InChI is InChI=1S/C19H19FN2O2/c1-12-9-14(7-8-16(12)20)11-21-19(23)22-13(2)18-10-15-5-3-4-6-17(15)24-18/h3-10,13H,11H2,1-2H3,(H2,21,22,23)/t13-/m1/s1. The molecule has 0 aliphatic carbocycles. The van der Waals surface area contributed by atoms with Gasteiger partial charge in [-0.2, -0.15) is 0 Å². The lowest BCUT2D eigenvalue weighted by Crippen LogP contribution is -2.36. The summed E-state index contributed by atoms with van der Waals surface area (Å²) in [7, 11) is 0. The number of urea groups is 1. The molecule has 24 heavy (non-hydrogen) atoms. The molecule has 4 nitrogen and oxygen atoms in total. The second-order valence-electron chi connectivity index (χ2n) is 5.82. The van der Waals surface area contributed by atoms with Gasteiger partial charge in [0.2, 0.25) is 0 Å². The number of hydrogen-bond acceptors (Lipinski definition) is 2. The van der Waals surface area contributed by atoms with Crippen LogP contribution in [0.3, 0.4) is 0 Å². The highest BCUT2D eigenvalue weighted by molar-refractivity contribution is 5.78. The van der Waals surface area contributed by atoms with Crippen molar-refractivity contribution in [1.82, 2.24) is 10.6 Å². The summed E-state index contributed by atoms with van der Waals surface area (Å²) in [6, 6.07) is 13.8. The number of hydrogen-bond donors (Lipinski definition) is 2. The molecule has 0 aliphatic heterocycles. The lowest BCUT2D eigenvalue weighted by Gasteiger charge is -2.13. The maximum atomic E-state index is 13.2. The molecule has 0 unspecified atom stereocenters. The van der Waals surface area contributed by atoms with Crippen LogP contribution in [0.1, 0.15) is 29.9 Å². The Morgan fingerprint density at radius 1 is 1.21 bits per heavy atom. The molecule has 0 spiro atoms. The van der Waals surface area contributed by atoms with Crippen LogP contribution in [0.25, 0.3) is 11.0 Å². The summed E-state index contributed by atoms with van der Waals surface area (Å²) >= 11 is 0. The van der Waals surface area contributed by atoms with Crippen molar-refractivity contribution in [2.45, 2.75) is 26.4 Å². The van der Waals surface area contributed by atoms with Gasteiger partial charge in [-0.15, -0.1) is 0 Å². The van der Waals surface area contributed by atoms with Crippen LogP contribution in [0.2, 0.25) is 0 Å². The van der Waals surface area contributed by atoms with Crippen molar-refractivity contribution in [1.29, 1.82) is 0 Å². The number of carbonyl (C=O) groups excluding carboxylic acids is 1. The first-order valence-electron chi connectivity index (χ1n) is 7.81. The summed E-state index contributed by atoms with van der Waals surface area (Å²) in [6.45, 7) is 3.89. The van der Waals surface area contributed by atoms with Crippen LogP contribution in [0.5, 0.6) is 0 Å². The van der Waals surface area contributed by atoms with Gasteiger partial charge in [-0.05, 0) is 43.2 Å². The highest BCUT2D eigenvalue weighted by Crippen LogP contribution is 2.23. The van der Waals surface area contributed by atoms with E-state index in [0.29, 0.717) is 17.9 Å². The van der Waals surface area contributed by atoms with E-state index >= 15 is 0 Å². The second kappa shape index (κ2) is 6.74. The molecule has 1 aromatic heterocycles. The Morgan fingerprint density at radius 3 is 2.75 bits per heavy atom. The van der Waals surface area contributed by atoms with Gasteiger partial charge < -0.3 is 15.1 Å². The number of fused-ring (bicyclic) bond motifs is 1. The number of carbonyl (C=O) groups is 1. The Bertz CT molecular complexity index is 840. The van der Waals surface area contributed by atoms with E-state index in [0.717, 1.165) is 16.5 Å². The van der Waals surface area contributed by atoms with Crippen molar-refractivity contribution >= 4 is 17.0 Å². The molecule has 2 aromatic carbocycles. The van der Waals surface area contributed by atoms with E-state index in [2.05, 4.69) is 10.6 Å². The number of halogens is 1. The maximum absolute atomic E-state index is 13.2. The summed E-state index contributed by atoms with van der Waals surface area (Å²) < 4.78 is 19.0. The highest BCUT2D eigenvalue weighted by atomic mass is 19.1. The number of rotatable bonds is 4. The zero-order chi connectivity index (χ0) is 17.1. The van der Waals surface area contributed by atoms with E-state index in [-0.39, 0.29) is 17.9 Å². The molecule has 0 radical (unpaired) electrons. The van der Waals surface area contributed by atoms with E-state index < -0.39 is 0 Å². The topological polar surface area (TPSA) is 54.3 Å². The molecule has 3 rings (SSSR count). The number of furan rings is 1. The van der Waals surface area contributed by atoms with Crippen LogP contribution in [0, 0.1) is 12.7 Å². The SMILES string of the molecule is Cc1cc(CNC(=O)N[C@H](C)c2cc3ccccc3o2)ccc1F. The van der Waals surface area contributed by atoms with Crippen molar-refractivity contribution in [3.8, 4) is 0 Å². The lowest BCUT2D eigenvalue weighted by molar-refractivity contribution is 0.236. The predicted octanol–water partition coefficient (Wildman–Crippen LogP) is 4.44. The zero-order valence-electron chi connectivity index (χ0n) is 13.6. The highest BCUT2D eigenvalue weighted by Gasteiger charge is 2.14. The second-order valence-corrected chi connectivity index (χ2v) is 5.82. The van der Waals surface area contributed by atoms with Crippen LogP contribution in [-0.4, -0.2) is 6.03 Å². The molecule has 0 saturated heterocycles. The van der Waals surface area contributed by atoms with Gasteiger partial charge in [0.1, 0.15) is 17.2 Å². The molecule has 2 N–H and O–H groups in total. The summed E-state index contributed by atoms with van der Waals surface area (Å²) in [5, 5.41) is 6.60. The smallest absolute Gasteiger partial charge is 0.315 e. The molecule has 1 atom stereocenters. The average Bonchev–Trinajstić information content (AvgIpc) is 3.00. The Kier molecular flexibility index (Phi) is 4.51. The van der Waals surface area contributed by atoms with Crippen LogP contribution in [0.15, 0.2) is 52.9 Å². The van der Waals surface area contributed by atoms with Gasteiger partial charge in [0.15, 0.2) is 0 Å². The van der Waals surface area contributed by atoms with Crippen LogP contribution >= 0.6 is 0 Å². The average molecular weight is 326 g/mol. The van der Waals surface area contributed by atoms with Gasteiger partial charge in [-0.1, -0.05) is 30.3 Å². The molecular weight excluding hydrogens is 307 g/mol. The molecule has 1 heterocycles. The van der Waals surface area contributed by atoms with Crippen LogP contribution < -0.4 is 10.6 Å². The summed E-state index contributed by atoms with van der Waals surface area (Å²) in [6.07, 6.45) is 0. The molecular formula is C19H19FN2O2. The molecule has 2 amide bonds. The first-order valence-corrected chi connectivity index (χ1v) is 7.81. The minimum atomic E-state index is -0.301. The van der Waals surface area contributed by atoms with Crippen molar-refractivity contribution in [3.63, 3.8) is 0 Å². The molecule has 0 fully saturated rings. The van der Waals surface area contributed by atoms with Crippen LogP contribution in [-0.2, 0) is 6.54 Å². The van der Waals surface area contributed by atoms with Gasteiger partial charge >= 0.3 is 6.03 Å². The number of para-hydroxylation sites is 1. The summed E-state index contributed by atoms with van der Waals surface area (Å²) in [5.41, 5.74) is 2.20. The Morgan fingerprint density at radius 2 is 2.00 bits per heavy atom. The third kappa shape index (κ3) is 3.56. The van der Waals surface area contributed by atoms with E-state index in [1.165, 1.54) is 6.07 Å². The Balaban J connectivity index is 1.58. The third-order valence-electron chi connectivity index (χ3n) is 3.89. The monoisotopic (exact) mass is 326 g/mol. The first-order chi connectivity index (χ1) is 11.5. The lowest BCUT2D eigenvalue weighted by atomic mass is 10.1. The molecule has 3 aromatic rings. The fourth-order valence-corrected chi connectivity index (χ4v) is 2.53. The van der Waals surface area contributed by atoms with Crippen LogP contribution in [0.4, 0.5) is 9.18 Å². The number of aryl methyl sites for hydroxylation is 1. The van der Waals surface area contributed by atoms with Crippen molar-refractivity contribution in [2.24, 2.45) is 0 Å². The minimum Gasteiger partial charge on any atom is -0.459 e. The summed E-state index contributed by atoms with van der Waals surface area (Å²) in [5.74, 6) is 0.450. The Labute approximate surface area is 139 Å². The predicted molar refractivity (Wildman–Crippen MR) is 91.1 cm³/mol. The summed E-state index contributed by atoms with van der Waals surface area (Å²) in [4.78, 5) is 12.0. The largest absolute Gasteiger partial charge is 0.459 e. The molecule has 124 valence electrons. The van der Waals surface area contributed by atoms with Crippen molar-refractivity contribution < 1.29 is 13.6 Å². The van der Waals surface area contributed by atoms with Gasteiger partial charge in [-0.25, -0.2) is 9.18 Å². The molecule has 5 heteroatoms. The fourth-order valence-electron chi connectivity index (χ4n) is 2.53. The Hall–Kier alpha value is -2.82. The molecule has 0 aliphatic rings. The van der Waals surface area contributed by atoms with Crippen molar-refractivity contribution in [3.05, 3.63) is 71.2 Å². The van der Waals surface area contributed by atoms with E-state index in [9.17, 15) is 9.18 Å². The van der Waals surface area contributed by atoms with E-state index in [1.54, 1.807) is 19.1 Å². The normalized spacial score (nSPS) is 12.1. The maximum Gasteiger partial charge on any atom is 0.315 e. The molecule has 0 bridgehead atoms. The zero-order valence-corrected chi connectivity index (χ0v) is 13.6. The molecule has 0 saturated carbocycles. The van der Waals surface area contributed by atoms with Gasteiger partial charge in [0.25, 0.3) is 0 Å². The third-order valence-corrected chi connectivity index (χ3v) is 3.89. The number of amides is 2. The van der Waals surface area contributed by atoms with E-state index in [4.69, 9.17) is 4.42 Å². The van der Waals surface area contributed by atoms with Gasteiger partial charge in [0, 0.05) is 11.9 Å². The quantitative estimate of drug-likeness (QED) is 0.744. The first kappa shape index (κ1) is 16.1. The van der Waals surface area contributed by atoms with E-state index in [1.807, 2.05) is 37.3 Å². The number of benzene rings is 2. The van der Waals surface area contributed by atoms with Gasteiger partial charge in [0.05, 0.1) is 6.04 Å². The fraction of sp³-hybridized carbons (Fsp3) is 0.211. The number of nitrogens with one attached hydrogen (secondary N) is 2. The minimum absolute atomic E-state index is 0.248. The van der Waals surface area contributed by atoms with Crippen molar-refractivity contribution in [2.75, 3.05) is 0 Å².